The van der Waals surface area contributed by atoms with Crippen molar-refractivity contribution < 1.29 is 62.2 Å². The summed E-state index contributed by atoms with van der Waals surface area (Å²) in [6.07, 6.45) is 0. The molecule has 0 spiro atoms. The Kier molecular flexibility index (Phi) is 28.3. The summed E-state index contributed by atoms with van der Waals surface area (Å²) in [5, 5.41) is 0. The Morgan fingerprint density at radius 3 is 1.12 bits per heavy atom. The summed E-state index contributed by atoms with van der Waals surface area (Å²) >= 11 is 0. The molecule has 39 valence electrons. The van der Waals surface area contributed by atoms with Crippen LogP contribution < -0.4 is 14.7 Å². The van der Waals surface area contributed by atoms with Crippen LogP contribution in [0.25, 0.3) is 0 Å². The zero-order chi connectivity index (χ0) is 4.50. The minimum absolute atomic E-state index is 0. The van der Waals surface area contributed by atoms with Crippen LogP contribution in [0.15, 0.2) is 0 Å². The maximum absolute atomic E-state index is 8.55. The van der Waals surface area contributed by atoms with Crippen molar-refractivity contribution in [3.63, 3.8) is 0 Å². The third kappa shape index (κ3) is 62.7. The largest absolute Gasteiger partial charge is 4.00 e. The first-order valence-corrected chi connectivity index (χ1v) is 2.19. The van der Waals surface area contributed by atoms with Crippen molar-refractivity contribution >= 4 is 56.7 Å². The summed E-state index contributed by atoms with van der Waals surface area (Å²) in [6, 6.07) is 0. The van der Waals surface area contributed by atoms with E-state index in [4.69, 9.17) is 19.2 Å². The Labute approximate surface area is 116 Å². The molecule has 0 aromatic carbocycles. The quantitative estimate of drug-likeness (QED) is 0.326. The Hall–Kier alpha value is 3.07. The van der Waals surface area contributed by atoms with Gasteiger partial charge < -0.3 is 19.2 Å². The van der Waals surface area contributed by atoms with E-state index in [2.05, 4.69) is 0 Å². The number of hydrogen-bond donors (Lipinski definition) is 0. The second kappa shape index (κ2) is 10.1. The second-order valence-corrected chi connectivity index (χ2v) is 1.34. The molecule has 0 saturated heterocycles. The molecular weight excluding hydrogens is 382 g/mol. The van der Waals surface area contributed by atoms with Crippen LogP contribution >= 0.6 is 7.82 Å². The molecule has 0 bridgehead atoms. The molecule has 0 fully saturated rings. The molecule has 0 atom stereocenters. The number of hydrogen-bond acceptors (Lipinski definition) is 4. The van der Waals surface area contributed by atoms with Crippen LogP contribution in [-0.2, 0) is 47.5 Å². The van der Waals surface area contributed by atoms with Gasteiger partial charge in [-0.2, -0.15) is 7.82 Å². The minimum Gasteiger partial charge on any atom is -0.822 e. The van der Waals surface area contributed by atoms with Crippen LogP contribution in [0, 0.1) is 0 Å². The molecule has 0 rings (SSSR count). The molecule has 0 saturated carbocycles. The van der Waals surface area contributed by atoms with E-state index in [1.54, 1.807) is 0 Å². The van der Waals surface area contributed by atoms with E-state index in [-0.39, 0.29) is 91.9 Å². The SMILES string of the molecule is O=P([O-])([O-])[O-].[Ba+2].[Co+2].[Zr+4]. The van der Waals surface area contributed by atoms with Gasteiger partial charge in [0.25, 0.3) is 0 Å². The maximum atomic E-state index is 8.55. The van der Waals surface area contributed by atoms with Gasteiger partial charge in [-0.1, -0.05) is 0 Å². The molecule has 0 aliphatic carbocycles. The molecule has 8 heteroatoms. The van der Waals surface area contributed by atoms with Crippen molar-refractivity contribution in [2.24, 2.45) is 0 Å². The van der Waals surface area contributed by atoms with Crippen molar-refractivity contribution in [1.82, 2.24) is 0 Å². The van der Waals surface area contributed by atoms with Crippen molar-refractivity contribution in [2.45, 2.75) is 0 Å². The first-order chi connectivity index (χ1) is 2.00. The van der Waals surface area contributed by atoms with E-state index < -0.39 is 7.82 Å². The van der Waals surface area contributed by atoms with E-state index >= 15 is 0 Å². The van der Waals surface area contributed by atoms with Gasteiger partial charge in [-0.05, 0) is 0 Å². The van der Waals surface area contributed by atoms with Gasteiger partial charge in [-0.25, -0.2) is 0 Å². The van der Waals surface area contributed by atoms with Gasteiger partial charge in [-0.3, -0.25) is 0 Å². The topological polar surface area (TPSA) is 86.2 Å². The maximum Gasteiger partial charge on any atom is 4.00 e. The molecule has 0 N–H and O–H groups in total. The fourth-order valence-corrected chi connectivity index (χ4v) is 0. The van der Waals surface area contributed by atoms with Gasteiger partial charge >= 0.3 is 91.9 Å². The average molecular weight is 382 g/mol. The van der Waals surface area contributed by atoms with Gasteiger partial charge in [0, 0.05) is 0 Å². The molecule has 0 aliphatic heterocycles. The van der Waals surface area contributed by atoms with Crippen molar-refractivity contribution in [1.29, 1.82) is 0 Å². The molecule has 8 heavy (non-hydrogen) atoms. The van der Waals surface area contributed by atoms with Crippen LogP contribution in [0.1, 0.15) is 0 Å². The average Bonchev–Trinajstić information content (AvgIpc) is 0.722. The smallest absolute Gasteiger partial charge is 0.822 e. The van der Waals surface area contributed by atoms with E-state index in [9.17, 15) is 0 Å². The van der Waals surface area contributed by atoms with Crippen molar-refractivity contribution in [2.75, 3.05) is 0 Å². The van der Waals surface area contributed by atoms with Crippen LogP contribution in [0.5, 0.6) is 0 Å². The monoisotopic (exact) mass is 382 g/mol. The molecule has 0 aromatic heterocycles. The summed E-state index contributed by atoms with van der Waals surface area (Å²) in [7, 11) is -5.39. The summed E-state index contributed by atoms with van der Waals surface area (Å²) in [4.78, 5) is 25.6. The first-order valence-electron chi connectivity index (χ1n) is 0.730. The summed E-state index contributed by atoms with van der Waals surface area (Å²) in [6.45, 7) is 0. The zero-order valence-corrected chi connectivity index (χ0v) is 12.5. The van der Waals surface area contributed by atoms with Gasteiger partial charge in [0.2, 0.25) is 0 Å². The molecule has 0 amide bonds. The van der Waals surface area contributed by atoms with Gasteiger partial charge in [0.15, 0.2) is 0 Å². The first kappa shape index (κ1) is 22.5. The Bertz CT molecular complexity index is 62.2. The predicted octanol–water partition coefficient (Wildman–Crippen LogP) is -3.21. The third-order valence-electron chi connectivity index (χ3n) is 0. The summed E-state index contributed by atoms with van der Waals surface area (Å²) < 4.78 is 8.55. The number of phosphoric acid groups is 1. The van der Waals surface area contributed by atoms with Crippen LogP contribution in [-0.4, -0.2) is 48.9 Å². The van der Waals surface area contributed by atoms with E-state index in [1.807, 2.05) is 0 Å². The van der Waals surface area contributed by atoms with Crippen molar-refractivity contribution in [3.05, 3.63) is 0 Å². The van der Waals surface area contributed by atoms with Gasteiger partial charge in [-0.15, -0.1) is 0 Å². The van der Waals surface area contributed by atoms with Gasteiger partial charge in [0.05, 0.1) is 0 Å². The summed E-state index contributed by atoms with van der Waals surface area (Å²) in [5.74, 6) is 0. The molecule has 0 unspecified atom stereocenters. The van der Waals surface area contributed by atoms with Crippen LogP contribution in [0.3, 0.4) is 0 Å². The molecule has 0 aromatic rings. The fourth-order valence-electron chi connectivity index (χ4n) is 0. The molecule has 0 aliphatic rings. The zero-order valence-electron chi connectivity index (χ0n) is 3.62. The second-order valence-electron chi connectivity index (χ2n) is 0.447. The van der Waals surface area contributed by atoms with Crippen LogP contribution in [0.4, 0.5) is 0 Å². The Morgan fingerprint density at radius 2 is 1.12 bits per heavy atom. The fraction of sp³-hybridized carbons (Fsp3) is 0. The Morgan fingerprint density at radius 1 is 1.12 bits per heavy atom. The minimum atomic E-state index is -5.39. The Balaban J connectivity index is -0.0000000267. The molecule has 4 nitrogen and oxygen atoms in total. The molecule has 1 radical (unpaired) electrons. The number of rotatable bonds is 0. The standard InChI is InChI=1S/Ba.Co.H3O4P.Zr/c;;1-5(2,3)4;/h;;(H3,1,2,3,4);/q2*+2;;+4/p-3. The summed E-state index contributed by atoms with van der Waals surface area (Å²) in [5.41, 5.74) is 0. The van der Waals surface area contributed by atoms with Crippen molar-refractivity contribution in [3.8, 4) is 0 Å². The normalized spacial score (nSPS) is 7.38. The third-order valence-corrected chi connectivity index (χ3v) is 0. The molecule has 0 heterocycles. The van der Waals surface area contributed by atoms with Gasteiger partial charge in [0.1, 0.15) is 0 Å². The van der Waals surface area contributed by atoms with E-state index in [0.717, 1.165) is 0 Å². The molecular formula is BaCoO4PZr+5. The van der Waals surface area contributed by atoms with Crippen LogP contribution in [0.2, 0.25) is 0 Å². The predicted molar refractivity (Wildman–Crippen MR) is 13.4 cm³/mol. The van der Waals surface area contributed by atoms with E-state index in [0.29, 0.717) is 0 Å². The van der Waals surface area contributed by atoms with E-state index in [1.165, 1.54) is 0 Å².